The minimum Gasteiger partial charge on any atom is -0.481 e. The van der Waals surface area contributed by atoms with Crippen LogP contribution in [0.1, 0.15) is 23.4 Å². The van der Waals surface area contributed by atoms with Gasteiger partial charge in [0, 0.05) is 24.2 Å². The van der Waals surface area contributed by atoms with E-state index in [1.165, 1.54) is 18.1 Å². The summed E-state index contributed by atoms with van der Waals surface area (Å²) < 4.78 is 9.99. The number of amides is 2. The largest absolute Gasteiger partial charge is 0.481 e. The summed E-state index contributed by atoms with van der Waals surface area (Å²) in [6.07, 6.45) is 1.24. The standard InChI is InChI=1S/C17H18N2O6/c1-24-16(22)14-8-11-7-12(4-5-13(11)25-14)18-17(23)19-6-2-3-10(9-19)15(20)21/h4-5,7-8,10H,2-3,6,9H2,1H3,(H,18,23)(H,20,21). The highest BCUT2D eigenvalue weighted by atomic mass is 16.5. The van der Waals surface area contributed by atoms with Crippen LogP contribution in [0, 0.1) is 5.92 Å². The molecule has 3 rings (SSSR count). The number of carbonyl (C=O) groups excluding carboxylic acids is 2. The SMILES string of the molecule is COC(=O)c1cc2cc(NC(=O)N3CCCC(C(=O)O)C3)ccc2o1. The summed E-state index contributed by atoms with van der Waals surface area (Å²) in [6, 6.07) is 6.18. The van der Waals surface area contributed by atoms with Gasteiger partial charge < -0.3 is 24.5 Å². The van der Waals surface area contributed by atoms with Gasteiger partial charge in [0.1, 0.15) is 5.58 Å². The summed E-state index contributed by atoms with van der Waals surface area (Å²) >= 11 is 0. The van der Waals surface area contributed by atoms with E-state index in [1.807, 2.05) is 0 Å². The van der Waals surface area contributed by atoms with Gasteiger partial charge in [0.25, 0.3) is 0 Å². The molecule has 25 heavy (non-hydrogen) atoms. The molecule has 0 aliphatic carbocycles. The number of benzene rings is 1. The molecule has 1 saturated heterocycles. The molecule has 8 nitrogen and oxygen atoms in total. The fraction of sp³-hybridized carbons (Fsp3) is 0.353. The van der Waals surface area contributed by atoms with Crippen LogP contribution in [0.5, 0.6) is 0 Å². The maximum atomic E-state index is 12.4. The third-order valence-electron chi connectivity index (χ3n) is 4.21. The van der Waals surface area contributed by atoms with Gasteiger partial charge in [-0.1, -0.05) is 0 Å². The second kappa shape index (κ2) is 6.84. The van der Waals surface area contributed by atoms with E-state index in [9.17, 15) is 14.4 Å². The molecule has 1 aliphatic heterocycles. The number of piperidine rings is 1. The number of urea groups is 1. The fourth-order valence-corrected chi connectivity index (χ4v) is 2.89. The Hall–Kier alpha value is -3.03. The van der Waals surface area contributed by atoms with Gasteiger partial charge in [-0.2, -0.15) is 0 Å². The minimum atomic E-state index is -0.882. The molecule has 1 atom stereocenters. The summed E-state index contributed by atoms with van der Waals surface area (Å²) in [5.41, 5.74) is 1.04. The van der Waals surface area contributed by atoms with E-state index in [4.69, 9.17) is 9.52 Å². The third kappa shape index (κ3) is 3.57. The van der Waals surface area contributed by atoms with Crippen LogP contribution in [0.15, 0.2) is 28.7 Å². The van der Waals surface area contributed by atoms with Gasteiger partial charge in [0.05, 0.1) is 13.0 Å². The van der Waals surface area contributed by atoms with Gasteiger partial charge in [0.15, 0.2) is 0 Å². The molecule has 132 valence electrons. The Morgan fingerprint density at radius 3 is 2.84 bits per heavy atom. The molecule has 1 fully saturated rings. The first-order valence-corrected chi connectivity index (χ1v) is 7.88. The van der Waals surface area contributed by atoms with Crippen molar-refractivity contribution in [2.45, 2.75) is 12.8 Å². The molecule has 0 saturated carbocycles. The van der Waals surface area contributed by atoms with Crippen molar-refractivity contribution in [3.63, 3.8) is 0 Å². The quantitative estimate of drug-likeness (QED) is 0.827. The molecule has 2 amide bonds. The lowest BCUT2D eigenvalue weighted by Gasteiger charge is -2.30. The van der Waals surface area contributed by atoms with Gasteiger partial charge in [-0.3, -0.25) is 4.79 Å². The Balaban J connectivity index is 1.72. The number of hydrogen-bond acceptors (Lipinski definition) is 5. The van der Waals surface area contributed by atoms with Crippen LogP contribution in [0.3, 0.4) is 0 Å². The number of carboxylic acids is 1. The summed E-state index contributed by atoms with van der Waals surface area (Å²) in [6.45, 7) is 0.720. The number of fused-ring (bicyclic) bond motifs is 1. The average Bonchev–Trinajstić information content (AvgIpc) is 3.04. The van der Waals surface area contributed by atoms with E-state index in [2.05, 4.69) is 10.1 Å². The van der Waals surface area contributed by atoms with E-state index in [0.717, 1.165) is 0 Å². The first-order valence-electron chi connectivity index (χ1n) is 7.88. The maximum absolute atomic E-state index is 12.4. The molecule has 2 heterocycles. The molecular formula is C17H18N2O6. The van der Waals surface area contributed by atoms with Crippen LogP contribution in [0.4, 0.5) is 10.5 Å². The van der Waals surface area contributed by atoms with Gasteiger partial charge in [-0.25, -0.2) is 9.59 Å². The lowest BCUT2D eigenvalue weighted by atomic mass is 9.99. The van der Waals surface area contributed by atoms with Gasteiger partial charge in [-0.15, -0.1) is 0 Å². The Bertz CT molecular complexity index is 828. The number of ether oxygens (including phenoxy) is 1. The van der Waals surface area contributed by atoms with Crippen molar-refractivity contribution < 1.29 is 28.6 Å². The molecule has 1 aliphatic rings. The number of hydrogen-bond donors (Lipinski definition) is 2. The Labute approximate surface area is 143 Å². The highest BCUT2D eigenvalue weighted by Crippen LogP contribution is 2.24. The summed E-state index contributed by atoms with van der Waals surface area (Å²) in [5, 5.41) is 12.5. The molecule has 0 spiro atoms. The van der Waals surface area contributed by atoms with Crippen molar-refractivity contribution >= 4 is 34.6 Å². The number of methoxy groups -OCH3 is 1. The molecule has 1 unspecified atom stereocenters. The van der Waals surface area contributed by atoms with E-state index in [0.29, 0.717) is 36.0 Å². The van der Waals surface area contributed by atoms with Crippen LogP contribution in [0.2, 0.25) is 0 Å². The van der Waals surface area contributed by atoms with Crippen molar-refractivity contribution in [1.29, 1.82) is 0 Å². The van der Waals surface area contributed by atoms with Crippen molar-refractivity contribution in [2.75, 3.05) is 25.5 Å². The van der Waals surface area contributed by atoms with Gasteiger partial charge in [0.2, 0.25) is 5.76 Å². The van der Waals surface area contributed by atoms with Crippen molar-refractivity contribution in [1.82, 2.24) is 4.90 Å². The number of anilines is 1. The predicted molar refractivity (Wildman–Crippen MR) is 88.5 cm³/mol. The first-order chi connectivity index (χ1) is 12.0. The summed E-state index contributed by atoms with van der Waals surface area (Å²) in [7, 11) is 1.27. The maximum Gasteiger partial charge on any atom is 0.373 e. The lowest BCUT2D eigenvalue weighted by molar-refractivity contribution is -0.143. The normalized spacial score (nSPS) is 17.3. The molecule has 1 aromatic heterocycles. The average molecular weight is 346 g/mol. The van der Waals surface area contributed by atoms with Crippen LogP contribution >= 0.6 is 0 Å². The fourth-order valence-electron chi connectivity index (χ4n) is 2.89. The van der Waals surface area contributed by atoms with Crippen LogP contribution < -0.4 is 5.32 Å². The predicted octanol–water partition coefficient (Wildman–Crippen LogP) is 2.55. The zero-order valence-corrected chi connectivity index (χ0v) is 13.7. The molecule has 2 N–H and O–H groups in total. The van der Waals surface area contributed by atoms with Crippen molar-refractivity contribution in [3.05, 3.63) is 30.0 Å². The number of aliphatic carboxylic acids is 1. The topological polar surface area (TPSA) is 109 Å². The number of rotatable bonds is 3. The van der Waals surface area contributed by atoms with Crippen molar-refractivity contribution in [2.24, 2.45) is 5.92 Å². The highest BCUT2D eigenvalue weighted by Gasteiger charge is 2.28. The number of likely N-dealkylation sites (tertiary alicyclic amines) is 1. The van der Waals surface area contributed by atoms with E-state index < -0.39 is 17.9 Å². The summed E-state index contributed by atoms with van der Waals surface area (Å²) in [4.78, 5) is 36.5. The number of esters is 1. The van der Waals surface area contributed by atoms with E-state index in [-0.39, 0.29) is 18.3 Å². The first kappa shape index (κ1) is 16.8. The van der Waals surface area contributed by atoms with E-state index >= 15 is 0 Å². The number of carbonyl (C=O) groups is 3. The molecule has 1 aromatic carbocycles. The van der Waals surface area contributed by atoms with Crippen LogP contribution in [-0.2, 0) is 9.53 Å². The second-order valence-electron chi connectivity index (χ2n) is 5.91. The number of nitrogens with zero attached hydrogens (tertiary/aromatic N) is 1. The number of nitrogens with one attached hydrogen (secondary N) is 1. The molecule has 8 heteroatoms. The minimum absolute atomic E-state index is 0.0845. The molecule has 0 radical (unpaired) electrons. The zero-order chi connectivity index (χ0) is 18.0. The monoisotopic (exact) mass is 346 g/mol. The lowest BCUT2D eigenvalue weighted by Crippen LogP contribution is -2.44. The van der Waals surface area contributed by atoms with Gasteiger partial charge >= 0.3 is 18.0 Å². The smallest absolute Gasteiger partial charge is 0.373 e. The summed E-state index contributed by atoms with van der Waals surface area (Å²) in [5.74, 6) is -1.90. The Morgan fingerprint density at radius 2 is 2.12 bits per heavy atom. The van der Waals surface area contributed by atoms with E-state index in [1.54, 1.807) is 18.2 Å². The number of carboxylic acid groups (broad SMARTS) is 1. The Morgan fingerprint density at radius 1 is 1.32 bits per heavy atom. The third-order valence-corrected chi connectivity index (χ3v) is 4.21. The highest BCUT2D eigenvalue weighted by molar-refractivity contribution is 5.96. The second-order valence-corrected chi connectivity index (χ2v) is 5.91. The zero-order valence-electron chi connectivity index (χ0n) is 13.7. The van der Waals surface area contributed by atoms with Crippen LogP contribution in [-0.4, -0.2) is 48.2 Å². The van der Waals surface area contributed by atoms with Crippen LogP contribution in [0.25, 0.3) is 11.0 Å². The van der Waals surface area contributed by atoms with Crippen molar-refractivity contribution in [3.8, 4) is 0 Å². The van der Waals surface area contributed by atoms with Gasteiger partial charge in [-0.05, 0) is 37.1 Å². The molecule has 2 aromatic rings. The molecule has 0 bridgehead atoms. The number of furan rings is 1. The molecular weight excluding hydrogens is 328 g/mol. The Kier molecular flexibility index (Phi) is 4.60.